The van der Waals surface area contributed by atoms with Crippen molar-refractivity contribution < 1.29 is 4.79 Å². The molecule has 0 aromatic heterocycles. The Hall–Kier alpha value is -1.52. The van der Waals surface area contributed by atoms with Crippen LogP contribution in [-0.4, -0.2) is 50.5 Å². The van der Waals surface area contributed by atoms with Gasteiger partial charge < -0.3 is 15.5 Å². The van der Waals surface area contributed by atoms with Gasteiger partial charge in [0.25, 0.3) is 0 Å². The molecule has 2 N–H and O–H groups in total. The van der Waals surface area contributed by atoms with Gasteiger partial charge in [0.15, 0.2) is 5.96 Å². The van der Waals surface area contributed by atoms with Gasteiger partial charge in [0, 0.05) is 27.2 Å². The predicted molar refractivity (Wildman–Crippen MR) is 93.0 cm³/mol. The van der Waals surface area contributed by atoms with E-state index >= 15 is 0 Å². The van der Waals surface area contributed by atoms with Crippen molar-refractivity contribution in [2.24, 2.45) is 10.4 Å². The zero-order valence-corrected chi connectivity index (χ0v) is 14.5. The maximum absolute atomic E-state index is 11.7. The van der Waals surface area contributed by atoms with Crippen LogP contribution in [0.3, 0.4) is 0 Å². The molecule has 1 rings (SSSR count). The molecule has 0 aliphatic heterocycles. The molecule has 0 heterocycles. The molecule has 0 unspecified atom stereocenters. The minimum Gasteiger partial charge on any atom is -0.356 e. The molecule has 0 atom stereocenters. The molecule has 5 nitrogen and oxygen atoms in total. The number of guanidine groups is 1. The van der Waals surface area contributed by atoms with Crippen LogP contribution in [-0.2, 0) is 4.79 Å². The minimum absolute atomic E-state index is 0.000353. The fourth-order valence-electron chi connectivity index (χ4n) is 2.69. The lowest BCUT2D eigenvalue weighted by atomic mass is 9.82. The van der Waals surface area contributed by atoms with Crippen molar-refractivity contribution in [2.45, 2.75) is 45.4 Å². The second kappa shape index (κ2) is 9.49. The summed E-state index contributed by atoms with van der Waals surface area (Å²) in [5, 5.41) is 6.59. The number of aliphatic imine (C=N–C) groups is 1. The fourth-order valence-corrected chi connectivity index (χ4v) is 2.69. The molecule has 1 aliphatic rings. The van der Waals surface area contributed by atoms with Gasteiger partial charge in [-0.25, -0.2) is 4.99 Å². The number of rotatable bonds is 6. The first-order valence-electron chi connectivity index (χ1n) is 8.30. The predicted octanol–water partition coefficient (Wildman–Crippen LogP) is 2.16. The van der Waals surface area contributed by atoms with Gasteiger partial charge in [-0.05, 0) is 18.3 Å². The Balaban J connectivity index is 2.57. The van der Waals surface area contributed by atoms with Crippen LogP contribution >= 0.6 is 0 Å². The van der Waals surface area contributed by atoms with E-state index in [4.69, 9.17) is 0 Å². The molecular weight excluding hydrogens is 276 g/mol. The van der Waals surface area contributed by atoms with Crippen molar-refractivity contribution in [1.82, 2.24) is 15.5 Å². The van der Waals surface area contributed by atoms with Crippen LogP contribution in [0.15, 0.2) is 17.6 Å². The van der Waals surface area contributed by atoms with E-state index in [1.54, 1.807) is 25.1 Å². The molecule has 126 valence electrons. The maximum atomic E-state index is 11.7. The summed E-state index contributed by atoms with van der Waals surface area (Å²) in [7, 11) is 3.49. The summed E-state index contributed by atoms with van der Waals surface area (Å²) >= 11 is 0. The SMILES string of the molecule is C=CCNC(=NCC(=O)N(C)C)NCC1(C)CCCCCC1. The van der Waals surface area contributed by atoms with Crippen LogP contribution in [0, 0.1) is 5.41 Å². The van der Waals surface area contributed by atoms with Gasteiger partial charge >= 0.3 is 0 Å². The molecule has 1 amide bonds. The summed E-state index contributed by atoms with van der Waals surface area (Å²) < 4.78 is 0. The van der Waals surface area contributed by atoms with Crippen LogP contribution in [0.5, 0.6) is 0 Å². The third-order valence-electron chi connectivity index (χ3n) is 4.28. The van der Waals surface area contributed by atoms with Crippen LogP contribution in [0.1, 0.15) is 45.4 Å². The first kappa shape index (κ1) is 18.5. The van der Waals surface area contributed by atoms with Crippen molar-refractivity contribution in [1.29, 1.82) is 0 Å². The van der Waals surface area contributed by atoms with Crippen molar-refractivity contribution >= 4 is 11.9 Å². The highest BCUT2D eigenvalue weighted by Gasteiger charge is 2.25. The molecule has 0 spiro atoms. The number of nitrogens with zero attached hydrogens (tertiary/aromatic N) is 2. The van der Waals surface area contributed by atoms with E-state index in [1.807, 2.05) is 0 Å². The molecule has 0 bridgehead atoms. The van der Waals surface area contributed by atoms with E-state index < -0.39 is 0 Å². The Morgan fingerprint density at radius 2 is 1.86 bits per heavy atom. The standard InChI is InChI=1S/C17H32N4O/c1-5-12-18-16(19-13-15(22)21(3)4)20-14-17(2)10-8-6-7-9-11-17/h5H,1,6-14H2,2-4H3,(H2,18,19,20). The Kier molecular flexibility index (Phi) is 7.99. The summed E-state index contributed by atoms with van der Waals surface area (Å²) in [6.07, 6.45) is 9.62. The van der Waals surface area contributed by atoms with E-state index in [0.717, 1.165) is 6.54 Å². The number of hydrogen-bond donors (Lipinski definition) is 2. The summed E-state index contributed by atoms with van der Waals surface area (Å²) in [5.41, 5.74) is 0.318. The molecule has 0 aromatic carbocycles. The lowest BCUT2D eigenvalue weighted by Crippen LogP contribution is -2.43. The molecule has 1 saturated carbocycles. The highest BCUT2D eigenvalue weighted by molar-refractivity contribution is 5.84. The highest BCUT2D eigenvalue weighted by atomic mass is 16.2. The minimum atomic E-state index is 0.000353. The topological polar surface area (TPSA) is 56.7 Å². The molecular formula is C17H32N4O. The molecule has 5 heteroatoms. The number of hydrogen-bond acceptors (Lipinski definition) is 2. The van der Waals surface area contributed by atoms with E-state index in [9.17, 15) is 4.79 Å². The molecule has 1 fully saturated rings. The summed E-state index contributed by atoms with van der Waals surface area (Å²) in [5.74, 6) is 0.695. The summed E-state index contributed by atoms with van der Waals surface area (Å²) in [4.78, 5) is 17.6. The van der Waals surface area contributed by atoms with Crippen LogP contribution < -0.4 is 10.6 Å². The molecule has 0 aromatic rings. The number of amides is 1. The number of nitrogens with one attached hydrogen (secondary N) is 2. The second-order valence-corrected chi connectivity index (χ2v) is 6.70. The third-order valence-corrected chi connectivity index (χ3v) is 4.28. The Morgan fingerprint density at radius 3 is 2.41 bits per heavy atom. The van der Waals surface area contributed by atoms with Crippen molar-refractivity contribution in [3.8, 4) is 0 Å². The molecule has 22 heavy (non-hydrogen) atoms. The van der Waals surface area contributed by atoms with Gasteiger partial charge in [-0.15, -0.1) is 6.58 Å². The highest BCUT2D eigenvalue weighted by Crippen LogP contribution is 2.33. The summed E-state index contributed by atoms with van der Waals surface area (Å²) in [6, 6.07) is 0. The van der Waals surface area contributed by atoms with Gasteiger partial charge in [-0.1, -0.05) is 38.7 Å². The average Bonchev–Trinajstić information content (AvgIpc) is 2.71. The Morgan fingerprint density at radius 1 is 1.23 bits per heavy atom. The smallest absolute Gasteiger partial charge is 0.243 e. The van der Waals surface area contributed by atoms with Crippen molar-refractivity contribution in [3.63, 3.8) is 0 Å². The van der Waals surface area contributed by atoms with Gasteiger partial charge in [0.05, 0.1) is 0 Å². The van der Waals surface area contributed by atoms with Gasteiger partial charge in [0.2, 0.25) is 5.91 Å². The van der Waals surface area contributed by atoms with Gasteiger partial charge in [-0.3, -0.25) is 4.79 Å². The number of carbonyl (C=O) groups is 1. The third kappa shape index (κ3) is 6.96. The largest absolute Gasteiger partial charge is 0.356 e. The quantitative estimate of drug-likeness (QED) is 0.342. The lowest BCUT2D eigenvalue weighted by Gasteiger charge is -2.29. The number of carbonyl (C=O) groups excluding carboxylic acids is 1. The summed E-state index contributed by atoms with van der Waals surface area (Å²) in [6.45, 7) is 7.76. The molecule has 0 radical (unpaired) electrons. The maximum Gasteiger partial charge on any atom is 0.243 e. The lowest BCUT2D eigenvalue weighted by molar-refractivity contribution is -0.127. The van der Waals surface area contributed by atoms with Gasteiger partial charge in [-0.2, -0.15) is 0 Å². The van der Waals surface area contributed by atoms with Crippen molar-refractivity contribution in [2.75, 3.05) is 33.7 Å². The van der Waals surface area contributed by atoms with Crippen LogP contribution in [0.25, 0.3) is 0 Å². The van der Waals surface area contributed by atoms with Crippen LogP contribution in [0.4, 0.5) is 0 Å². The fraction of sp³-hybridized carbons (Fsp3) is 0.765. The number of likely N-dealkylation sites (N-methyl/N-ethyl adjacent to an activating group) is 1. The molecule has 1 aliphatic carbocycles. The second-order valence-electron chi connectivity index (χ2n) is 6.70. The average molecular weight is 308 g/mol. The zero-order chi connectivity index (χ0) is 16.4. The van der Waals surface area contributed by atoms with Gasteiger partial charge in [0.1, 0.15) is 6.54 Å². The Labute approximate surface area is 135 Å². The Bertz CT molecular complexity index is 382. The normalized spacial score (nSPS) is 18.2. The van der Waals surface area contributed by atoms with E-state index in [0.29, 0.717) is 17.9 Å². The first-order valence-corrected chi connectivity index (χ1v) is 8.30. The molecule has 0 saturated heterocycles. The van der Waals surface area contributed by atoms with E-state index in [1.165, 1.54) is 38.5 Å². The van der Waals surface area contributed by atoms with E-state index in [-0.39, 0.29) is 12.5 Å². The van der Waals surface area contributed by atoms with Crippen LogP contribution in [0.2, 0.25) is 0 Å². The monoisotopic (exact) mass is 308 g/mol. The zero-order valence-electron chi connectivity index (χ0n) is 14.5. The first-order chi connectivity index (χ1) is 10.5. The van der Waals surface area contributed by atoms with E-state index in [2.05, 4.69) is 29.1 Å². The van der Waals surface area contributed by atoms with Crippen molar-refractivity contribution in [3.05, 3.63) is 12.7 Å².